The fraction of sp³-hybridized carbons (Fsp3) is 0.0714. The lowest BCUT2D eigenvalue weighted by molar-refractivity contribution is 0.0747. The Balaban J connectivity index is 2.23. The van der Waals surface area contributed by atoms with Crippen LogP contribution in [0.15, 0.2) is 48.5 Å². The van der Waals surface area contributed by atoms with Gasteiger partial charge in [-0.3, -0.25) is 4.79 Å². The van der Waals surface area contributed by atoms with Crippen molar-refractivity contribution in [2.24, 2.45) is 0 Å². The van der Waals surface area contributed by atoms with E-state index in [1.165, 1.54) is 48.5 Å². The molecule has 18 heavy (non-hydrogen) atoms. The molecule has 2 rings (SSSR count). The van der Waals surface area contributed by atoms with Crippen LogP contribution in [0.1, 0.15) is 22.0 Å². The van der Waals surface area contributed by atoms with Crippen molar-refractivity contribution in [2.75, 3.05) is 0 Å². The Labute approximate surface area is 104 Å². The van der Waals surface area contributed by atoms with Gasteiger partial charge >= 0.3 is 0 Å². The number of aliphatic hydroxyl groups excluding tert-OH is 1. The Morgan fingerprint density at radius 2 is 1.28 bits per heavy atom. The Kier molecular flexibility index (Phi) is 3.30. The second-order valence-corrected chi connectivity index (χ2v) is 3.91. The van der Waals surface area contributed by atoms with Crippen LogP contribution in [0.3, 0.4) is 0 Å². The van der Waals surface area contributed by atoms with Crippen molar-refractivity contribution < 1.29 is 20.1 Å². The number of aliphatic hydroxyl groups is 1. The molecule has 0 aliphatic carbocycles. The second kappa shape index (κ2) is 4.89. The highest BCUT2D eigenvalue weighted by atomic mass is 16.3. The molecule has 2 aromatic rings. The number of benzene rings is 2. The highest BCUT2D eigenvalue weighted by molar-refractivity contribution is 5.99. The van der Waals surface area contributed by atoms with Crippen LogP contribution in [-0.2, 0) is 0 Å². The molecular weight excluding hydrogens is 232 g/mol. The molecule has 0 radical (unpaired) electrons. The Morgan fingerprint density at radius 1 is 0.833 bits per heavy atom. The zero-order chi connectivity index (χ0) is 13.1. The molecule has 0 spiro atoms. The molecule has 0 heterocycles. The van der Waals surface area contributed by atoms with E-state index in [4.69, 9.17) is 10.2 Å². The van der Waals surface area contributed by atoms with Gasteiger partial charge in [0, 0.05) is 5.56 Å². The third kappa shape index (κ3) is 2.49. The third-order valence-electron chi connectivity index (χ3n) is 2.61. The van der Waals surface area contributed by atoms with Crippen LogP contribution in [0.5, 0.6) is 11.5 Å². The average molecular weight is 244 g/mol. The summed E-state index contributed by atoms with van der Waals surface area (Å²) < 4.78 is 0. The molecule has 92 valence electrons. The number of phenols is 2. The lowest BCUT2D eigenvalue weighted by Gasteiger charge is -2.10. The number of phenolic OH excluding ortho intramolecular Hbond substituents is 2. The molecule has 0 amide bonds. The van der Waals surface area contributed by atoms with Gasteiger partial charge in [0.25, 0.3) is 0 Å². The Morgan fingerprint density at radius 3 is 1.78 bits per heavy atom. The summed E-state index contributed by atoms with van der Waals surface area (Å²) in [7, 11) is 0. The molecule has 1 atom stereocenters. The minimum atomic E-state index is -1.28. The fourth-order valence-electron chi connectivity index (χ4n) is 1.59. The van der Waals surface area contributed by atoms with Crippen molar-refractivity contribution in [2.45, 2.75) is 6.10 Å². The van der Waals surface area contributed by atoms with E-state index in [1.807, 2.05) is 0 Å². The summed E-state index contributed by atoms with van der Waals surface area (Å²) in [6.45, 7) is 0. The molecular formula is C14H12O4. The van der Waals surface area contributed by atoms with Crippen molar-refractivity contribution >= 4 is 5.78 Å². The predicted molar refractivity (Wildman–Crippen MR) is 65.5 cm³/mol. The first-order valence-electron chi connectivity index (χ1n) is 5.38. The molecule has 0 saturated carbocycles. The van der Waals surface area contributed by atoms with Crippen LogP contribution in [0, 0.1) is 0 Å². The molecule has 1 unspecified atom stereocenters. The summed E-state index contributed by atoms with van der Waals surface area (Å²) in [6.07, 6.45) is -1.28. The van der Waals surface area contributed by atoms with E-state index in [-0.39, 0.29) is 11.5 Å². The van der Waals surface area contributed by atoms with Crippen molar-refractivity contribution in [3.63, 3.8) is 0 Å². The first kappa shape index (κ1) is 12.1. The van der Waals surface area contributed by atoms with Gasteiger partial charge in [0.2, 0.25) is 0 Å². The summed E-state index contributed by atoms with van der Waals surface area (Å²) in [5.41, 5.74) is 0.722. The van der Waals surface area contributed by atoms with Crippen LogP contribution in [0.25, 0.3) is 0 Å². The van der Waals surface area contributed by atoms with E-state index < -0.39 is 11.9 Å². The van der Waals surface area contributed by atoms with Gasteiger partial charge in [-0.25, -0.2) is 0 Å². The highest BCUT2D eigenvalue weighted by Gasteiger charge is 2.18. The molecule has 0 saturated heterocycles. The maximum atomic E-state index is 11.9. The summed E-state index contributed by atoms with van der Waals surface area (Å²) in [5.74, 6) is -0.325. The van der Waals surface area contributed by atoms with Gasteiger partial charge in [-0.2, -0.15) is 0 Å². The standard InChI is InChI=1S/C14H12O4/c15-11-5-1-9(2-6-11)13(17)14(18)10-3-7-12(16)8-4-10/h1-8,13,15-17H. The van der Waals surface area contributed by atoms with Gasteiger partial charge in [0.1, 0.15) is 17.6 Å². The van der Waals surface area contributed by atoms with E-state index in [0.717, 1.165) is 0 Å². The summed E-state index contributed by atoms with van der Waals surface area (Å²) >= 11 is 0. The molecule has 4 heteroatoms. The van der Waals surface area contributed by atoms with E-state index in [1.54, 1.807) is 0 Å². The predicted octanol–water partition coefficient (Wildman–Crippen LogP) is 2.01. The molecule has 0 aromatic heterocycles. The first-order valence-corrected chi connectivity index (χ1v) is 5.38. The van der Waals surface area contributed by atoms with Crippen molar-refractivity contribution in [3.05, 3.63) is 59.7 Å². The molecule has 0 bridgehead atoms. The second-order valence-electron chi connectivity index (χ2n) is 3.91. The number of aromatic hydroxyl groups is 2. The summed E-state index contributed by atoms with van der Waals surface area (Å²) in [5, 5.41) is 28.2. The number of hydrogen-bond donors (Lipinski definition) is 3. The Hall–Kier alpha value is -2.33. The molecule has 4 nitrogen and oxygen atoms in total. The maximum Gasteiger partial charge on any atom is 0.195 e. The lowest BCUT2D eigenvalue weighted by atomic mass is 10.00. The van der Waals surface area contributed by atoms with Gasteiger partial charge in [-0.15, -0.1) is 0 Å². The molecule has 0 aliphatic rings. The quantitative estimate of drug-likeness (QED) is 0.722. The third-order valence-corrected chi connectivity index (χ3v) is 2.61. The first-order chi connectivity index (χ1) is 8.58. The van der Waals surface area contributed by atoms with E-state index in [9.17, 15) is 9.90 Å². The van der Waals surface area contributed by atoms with Crippen molar-refractivity contribution in [1.29, 1.82) is 0 Å². The molecule has 3 N–H and O–H groups in total. The number of ketones is 1. The van der Waals surface area contributed by atoms with Gasteiger partial charge in [0.05, 0.1) is 0 Å². The minimum absolute atomic E-state index is 0.0608. The molecule has 0 aliphatic heterocycles. The van der Waals surface area contributed by atoms with Crippen LogP contribution in [0.2, 0.25) is 0 Å². The van der Waals surface area contributed by atoms with Gasteiger partial charge in [-0.05, 0) is 42.0 Å². The van der Waals surface area contributed by atoms with E-state index in [0.29, 0.717) is 11.1 Å². The highest BCUT2D eigenvalue weighted by Crippen LogP contribution is 2.21. The van der Waals surface area contributed by atoms with E-state index in [2.05, 4.69) is 0 Å². The molecule has 0 fully saturated rings. The zero-order valence-corrected chi connectivity index (χ0v) is 9.45. The zero-order valence-electron chi connectivity index (χ0n) is 9.45. The van der Waals surface area contributed by atoms with Crippen molar-refractivity contribution in [3.8, 4) is 11.5 Å². The van der Waals surface area contributed by atoms with Crippen molar-refractivity contribution in [1.82, 2.24) is 0 Å². The summed E-state index contributed by atoms with van der Waals surface area (Å²) in [6, 6.07) is 11.4. The average Bonchev–Trinajstić information content (AvgIpc) is 2.39. The van der Waals surface area contributed by atoms with Gasteiger partial charge < -0.3 is 15.3 Å². The number of hydrogen-bond acceptors (Lipinski definition) is 4. The Bertz CT molecular complexity index is 543. The van der Waals surface area contributed by atoms with Crippen LogP contribution < -0.4 is 0 Å². The lowest BCUT2D eigenvalue weighted by Crippen LogP contribution is -2.11. The number of carbonyl (C=O) groups excluding carboxylic acids is 1. The van der Waals surface area contributed by atoms with Crippen LogP contribution >= 0.6 is 0 Å². The largest absolute Gasteiger partial charge is 0.508 e. The maximum absolute atomic E-state index is 11.9. The smallest absolute Gasteiger partial charge is 0.195 e. The number of Topliss-reactive ketones (excluding diaryl/α,β-unsaturated/α-hetero) is 1. The topological polar surface area (TPSA) is 77.8 Å². The summed E-state index contributed by atoms with van der Waals surface area (Å²) in [4.78, 5) is 11.9. The van der Waals surface area contributed by atoms with Gasteiger partial charge in [0.15, 0.2) is 5.78 Å². The minimum Gasteiger partial charge on any atom is -0.508 e. The van der Waals surface area contributed by atoms with Crippen LogP contribution in [0.4, 0.5) is 0 Å². The fourth-order valence-corrected chi connectivity index (χ4v) is 1.59. The monoisotopic (exact) mass is 244 g/mol. The van der Waals surface area contributed by atoms with Crippen LogP contribution in [-0.4, -0.2) is 21.1 Å². The van der Waals surface area contributed by atoms with Gasteiger partial charge in [-0.1, -0.05) is 12.1 Å². The van der Waals surface area contributed by atoms with E-state index >= 15 is 0 Å². The SMILES string of the molecule is O=C(c1ccc(O)cc1)C(O)c1ccc(O)cc1. The molecule has 2 aromatic carbocycles. The number of carbonyl (C=O) groups is 1. The normalized spacial score (nSPS) is 12.1. The number of rotatable bonds is 3.